The van der Waals surface area contributed by atoms with E-state index in [1.807, 2.05) is 0 Å². The van der Waals surface area contributed by atoms with Gasteiger partial charge < -0.3 is 4.42 Å². The Labute approximate surface area is 114 Å². The molecule has 0 saturated carbocycles. The number of hydrogen-bond donors (Lipinski definition) is 1. The molecule has 1 amide bonds. The molecular formula is C13H11N3O4. The van der Waals surface area contributed by atoms with E-state index >= 15 is 0 Å². The standard InChI is InChI=1S/C13H11N3O4/c1-9-4-5-10(16(18)19)7-12(9)13(17)15-14-8-11-3-2-6-20-11/h2-8H,1H3,(H,15,17)/b14-8+. The monoisotopic (exact) mass is 273 g/mol. The Morgan fingerprint density at radius 2 is 2.25 bits per heavy atom. The number of nitrogens with zero attached hydrogens (tertiary/aromatic N) is 2. The molecule has 0 fully saturated rings. The molecule has 0 bridgehead atoms. The van der Waals surface area contributed by atoms with Gasteiger partial charge in [0.15, 0.2) is 0 Å². The van der Waals surface area contributed by atoms with Crippen LogP contribution in [0.25, 0.3) is 0 Å². The number of nitro groups is 1. The van der Waals surface area contributed by atoms with E-state index in [2.05, 4.69) is 10.5 Å². The second-order valence-corrected chi connectivity index (χ2v) is 3.97. The van der Waals surface area contributed by atoms with Crippen molar-refractivity contribution in [3.05, 3.63) is 63.6 Å². The van der Waals surface area contributed by atoms with Crippen LogP contribution in [0.4, 0.5) is 5.69 Å². The molecule has 0 aliphatic rings. The highest BCUT2D eigenvalue weighted by Gasteiger charge is 2.14. The first-order valence-corrected chi connectivity index (χ1v) is 5.70. The molecule has 0 saturated heterocycles. The average molecular weight is 273 g/mol. The van der Waals surface area contributed by atoms with E-state index in [9.17, 15) is 14.9 Å². The van der Waals surface area contributed by atoms with Crippen molar-refractivity contribution in [1.82, 2.24) is 5.43 Å². The van der Waals surface area contributed by atoms with E-state index in [-0.39, 0.29) is 11.3 Å². The maximum atomic E-state index is 11.9. The van der Waals surface area contributed by atoms with Crippen molar-refractivity contribution in [2.75, 3.05) is 0 Å². The minimum absolute atomic E-state index is 0.143. The number of carbonyl (C=O) groups excluding carboxylic acids is 1. The lowest BCUT2D eigenvalue weighted by atomic mass is 10.1. The molecule has 0 spiro atoms. The SMILES string of the molecule is Cc1ccc([N+](=O)[O-])cc1C(=O)N/N=C/c1ccco1. The second-order valence-electron chi connectivity index (χ2n) is 3.97. The molecule has 2 aromatic rings. The highest BCUT2D eigenvalue weighted by molar-refractivity contribution is 5.96. The van der Waals surface area contributed by atoms with Crippen LogP contribution in [0, 0.1) is 17.0 Å². The molecule has 1 aromatic carbocycles. The van der Waals surface area contributed by atoms with Crippen LogP contribution in [0.1, 0.15) is 21.7 Å². The van der Waals surface area contributed by atoms with E-state index in [1.165, 1.54) is 30.7 Å². The highest BCUT2D eigenvalue weighted by atomic mass is 16.6. The molecule has 1 heterocycles. The third-order valence-corrected chi connectivity index (χ3v) is 2.58. The lowest BCUT2D eigenvalue weighted by molar-refractivity contribution is -0.384. The number of benzene rings is 1. The Bertz CT molecular complexity index is 662. The molecule has 20 heavy (non-hydrogen) atoms. The normalized spacial score (nSPS) is 10.7. The number of hydrogen-bond acceptors (Lipinski definition) is 5. The molecular weight excluding hydrogens is 262 g/mol. The van der Waals surface area contributed by atoms with Gasteiger partial charge in [-0.2, -0.15) is 5.10 Å². The Morgan fingerprint density at radius 3 is 2.90 bits per heavy atom. The predicted octanol–water partition coefficient (Wildman–Crippen LogP) is 2.26. The molecule has 0 unspecified atom stereocenters. The van der Waals surface area contributed by atoms with Gasteiger partial charge in [0.1, 0.15) is 5.76 Å². The van der Waals surface area contributed by atoms with Gasteiger partial charge in [0.05, 0.1) is 23.0 Å². The topological polar surface area (TPSA) is 97.7 Å². The van der Waals surface area contributed by atoms with Crippen molar-refractivity contribution < 1.29 is 14.1 Å². The summed E-state index contributed by atoms with van der Waals surface area (Å²) in [5.41, 5.74) is 2.98. The third kappa shape index (κ3) is 3.08. The summed E-state index contributed by atoms with van der Waals surface area (Å²) >= 11 is 0. The van der Waals surface area contributed by atoms with E-state index < -0.39 is 10.8 Å². The molecule has 7 heteroatoms. The van der Waals surface area contributed by atoms with Gasteiger partial charge in [0.25, 0.3) is 11.6 Å². The fraction of sp³-hybridized carbons (Fsp3) is 0.0769. The van der Waals surface area contributed by atoms with Crippen LogP contribution in [0.2, 0.25) is 0 Å². The zero-order valence-electron chi connectivity index (χ0n) is 10.6. The van der Waals surface area contributed by atoms with Gasteiger partial charge in [0.2, 0.25) is 0 Å². The molecule has 0 aliphatic heterocycles. The Hall–Kier alpha value is -2.96. The van der Waals surface area contributed by atoms with Crippen LogP contribution in [0.15, 0.2) is 46.1 Å². The minimum atomic E-state index is -0.553. The number of nitro benzene ring substituents is 1. The van der Waals surface area contributed by atoms with E-state index in [0.717, 1.165) is 0 Å². The molecule has 0 radical (unpaired) electrons. The first kappa shape index (κ1) is 13.5. The highest BCUT2D eigenvalue weighted by Crippen LogP contribution is 2.17. The lowest BCUT2D eigenvalue weighted by Crippen LogP contribution is -2.18. The Balaban J connectivity index is 2.12. The van der Waals surface area contributed by atoms with Crippen LogP contribution < -0.4 is 5.43 Å². The van der Waals surface area contributed by atoms with Crippen LogP contribution in [0.3, 0.4) is 0 Å². The quantitative estimate of drug-likeness (QED) is 0.524. The van der Waals surface area contributed by atoms with E-state index in [4.69, 9.17) is 4.42 Å². The van der Waals surface area contributed by atoms with Gasteiger partial charge in [-0.15, -0.1) is 0 Å². The second kappa shape index (κ2) is 5.79. The molecule has 1 N–H and O–H groups in total. The average Bonchev–Trinajstić information content (AvgIpc) is 2.92. The van der Waals surface area contributed by atoms with E-state index in [0.29, 0.717) is 11.3 Å². The van der Waals surface area contributed by atoms with Crippen LogP contribution in [-0.2, 0) is 0 Å². The molecule has 0 atom stereocenters. The van der Waals surface area contributed by atoms with Crippen LogP contribution >= 0.6 is 0 Å². The fourth-order valence-corrected chi connectivity index (χ4v) is 1.55. The van der Waals surface area contributed by atoms with Crippen molar-refractivity contribution in [3.8, 4) is 0 Å². The molecule has 1 aromatic heterocycles. The summed E-state index contributed by atoms with van der Waals surface area (Å²) in [6, 6.07) is 7.44. The summed E-state index contributed by atoms with van der Waals surface area (Å²) in [7, 11) is 0. The molecule has 2 rings (SSSR count). The summed E-state index contributed by atoms with van der Waals surface area (Å²) in [5.74, 6) is -0.0323. The minimum Gasteiger partial charge on any atom is -0.463 e. The summed E-state index contributed by atoms with van der Waals surface area (Å²) in [5, 5.41) is 14.4. The zero-order chi connectivity index (χ0) is 14.5. The van der Waals surface area contributed by atoms with Gasteiger partial charge >= 0.3 is 0 Å². The number of amides is 1. The number of carbonyl (C=O) groups is 1. The first-order valence-electron chi connectivity index (χ1n) is 5.70. The smallest absolute Gasteiger partial charge is 0.271 e. The van der Waals surface area contributed by atoms with Gasteiger partial charge in [-0.3, -0.25) is 14.9 Å². The first-order chi connectivity index (χ1) is 9.58. The largest absolute Gasteiger partial charge is 0.463 e. The number of rotatable bonds is 4. The van der Waals surface area contributed by atoms with Gasteiger partial charge in [-0.1, -0.05) is 6.07 Å². The van der Waals surface area contributed by atoms with Crippen LogP contribution in [-0.4, -0.2) is 17.0 Å². The van der Waals surface area contributed by atoms with Gasteiger partial charge in [-0.05, 0) is 24.6 Å². The van der Waals surface area contributed by atoms with Crippen molar-refractivity contribution in [2.45, 2.75) is 6.92 Å². The third-order valence-electron chi connectivity index (χ3n) is 2.58. The van der Waals surface area contributed by atoms with E-state index in [1.54, 1.807) is 19.1 Å². The van der Waals surface area contributed by atoms with Gasteiger partial charge in [0, 0.05) is 12.1 Å². The Morgan fingerprint density at radius 1 is 1.45 bits per heavy atom. The summed E-state index contributed by atoms with van der Waals surface area (Å²) in [6.07, 6.45) is 2.82. The number of nitrogens with one attached hydrogen (secondary N) is 1. The van der Waals surface area contributed by atoms with Crippen molar-refractivity contribution in [3.63, 3.8) is 0 Å². The van der Waals surface area contributed by atoms with Gasteiger partial charge in [-0.25, -0.2) is 5.43 Å². The predicted molar refractivity (Wildman–Crippen MR) is 71.6 cm³/mol. The summed E-state index contributed by atoms with van der Waals surface area (Å²) in [4.78, 5) is 22.0. The number of hydrazone groups is 1. The maximum absolute atomic E-state index is 11.9. The van der Waals surface area contributed by atoms with Crippen molar-refractivity contribution >= 4 is 17.8 Å². The molecule has 0 aliphatic carbocycles. The van der Waals surface area contributed by atoms with Crippen molar-refractivity contribution in [2.24, 2.45) is 5.10 Å². The number of furan rings is 1. The number of aryl methyl sites for hydroxylation is 1. The summed E-state index contributed by atoms with van der Waals surface area (Å²) < 4.78 is 5.01. The fourth-order valence-electron chi connectivity index (χ4n) is 1.55. The number of non-ortho nitro benzene ring substituents is 1. The zero-order valence-corrected chi connectivity index (χ0v) is 10.6. The molecule has 102 valence electrons. The lowest BCUT2D eigenvalue weighted by Gasteiger charge is -2.03. The summed E-state index contributed by atoms with van der Waals surface area (Å²) in [6.45, 7) is 1.69. The molecule has 7 nitrogen and oxygen atoms in total. The Kier molecular flexibility index (Phi) is 3.90. The van der Waals surface area contributed by atoms with Crippen molar-refractivity contribution in [1.29, 1.82) is 0 Å². The van der Waals surface area contributed by atoms with Crippen LogP contribution in [0.5, 0.6) is 0 Å². The maximum Gasteiger partial charge on any atom is 0.271 e.